The Kier molecular flexibility index (Phi) is 7.60. The summed E-state index contributed by atoms with van der Waals surface area (Å²) in [5, 5.41) is 0. The van der Waals surface area contributed by atoms with Crippen LogP contribution in [-0.2, 0) is 5.41 Å². The maximum Gasteiger partial charge on any atom is 0.266 e. The van der Waals surface area contributed by atoms with Gasteiger partial charge in [0.15, 0.2) is 0 Å². The fourth-order valence-corrected chi connectivity index (χ4v) is 5.58. The fourth-order valence-electron chi connectivity index (χ4n) is 5.58. The van der Waals surface area contributed by atoms with Gasteiger partial charge in [-0.15, -0.1) is 13.2 Å². The quantitative estimate of drug-likeness (QED) is 0.178. The SMILES string of the molecule is C=C.Cc1ccc(C(C)(C)c2ccc(C)c(N3C(=O)c4ccc(Oc5ccc6c(c5)C(=O)N(C)C6=O)cc4C3=O)c2)cc1C. The lowest BCUT2D eigenvalue weighted by atomic mass is 9.77. The molecule has 2 aliphatic heterocycles. The molecule has 0 saturated heterocycles. The number of nitrogens with zero attached hydrogens (tertiary/aromatic N) is 2. The number of fused-ring (bicyclic) bond motifs is 2. The molecule has 0 N–H and O–H groups in total. The van der Waals surface area contributed by atoms with Gasteiger partial charge in [-0.3, -0.25) is 24.1 Å². The van der Waals surface area contributed by atoms with Crippen LogP contribution in [0.5, 0.6) is 11.5 Å². The van der Waals surface area contributed by atoms with E-state index in [2.05, 4.69) is 59.1 Å². The van der Waals surface area contributed by atoms with Crippen molar-refractivity contribution in [3.63, 3.8) is 0 Å². The van der Waals surface area contributed by atoms with Gasteiger partial charge in [-0.2, -0.15) is 0 Å². The van der Waals surface area contributed by atoms with Crippen LogP contribution in [0.1, 0.15) is 83.1 Å². The summed E-state index contributed by atoms with van der Waals surface area (Å²) in [4.78, 5) is 54.2. The maximum absolute atomic E-state index is 13.7. The molecular formula is C37H34N2O5. The van der Waals surface area contributed by atoms with Gasteiger partial charge in [-0.05, 0) is 91.1 Å². The maximum atomic E-state index is 13.7. The summed E-state index contributed by atoms with van der Waals surface area (Å²) in [6.07, 6.45) is 0. The Morgan fingerprint density at radius 3 is 1.64 bits per heavy atom. The van der Waals surface area contributed by atoms with Gasteiger partial charge >= 0.3 is 0 Å². The van der Waals surface area contributed by atoms with Crippen molar-refractivity contribution in [1.82, 2.24) is 4.90 Å². The lowest BCUT2D eigenvalue weighted by molar-refractivity contribution is 0.0692. The van der Waals surface area contributed by atoms with Gasteiger partial charge < -0.3 is 4.74 Å². The number of rotatable bonds is 5. The molecule has 0 atom stereocenters. The van der Waals surface area contributed by atoms with Crippen LogP contribution in [0.3, 0.4) is 0 Å². The van der Waals surface area contributed by atoms with E-state index < -0.39 is 17.7 Å². The van der Waals surface area contributed by atoms with Crippen LogP contribution in [0.25, 0.3) is 0 Å². The number of ether oxygens (including phenoxy) is 1. The average Bonchev–Trinajstić information content (AvgIpc) is 3.38. The first-order valence-corrected chi connectivity index (χ1v) is 14.2. The van der Waals surface area contributed by atoms with Crippen molar-refractivity contribution in [3.05, 3.63) is 136 Å². The molecule has 2 aliphatic rings. The second-order valence-electron chi connectivity index (χ2n) is 11.6. The zero-order valence-corrected chi connectivity index (χ0v) is 25.8. The summed E-state index contributed by atoms with van der Waals surface area (Å²) in [6, 6.07) is 21.8. The molecule has 0 unspecified atom stereocenters. The Labute approximate surface area is 257 Å². The van der Waals surface area contributed by atoms with Crippen LogP contribution in [0.2, 0.25) is 0 Å². The third kappa shape index (κ3) is 4.80. The van der Waals surface area contributed by atoms with E-state index in [1.165, 1.54) is 29.1 Å². The zero-order valence-electron chi connectivity index (χ0n) is 25.8. The lowest BCUT2D eigenvalue weighted by Gasteiger charge is -2.29. The minimum absolute atomic E-state index is 0.239. The normalized spacial score (nSPS) is 14.0. The van der Waals surface area contributed by atoms with E-state index in [4.69, 9.17) is 4.74 Å². The number of hydrogen-bond acceptors (Lipinski definition) is 5. The Bertz CT molecular complexity index is 1890. The Morgan fingerprint density at radius 1 is 0.568 bits per heavy atom. The van der Waals surface area contributed by atoms with Gasteiger partial charge in [0.05, 0.1) is 27.9 Å². The molecule has 0 bridgehead atoms. The molecule has 4 aromatic rings. The van der Waals surface area contributed by atoms with Crippen LogP contribution in [0.15, 0.2) is 86.0 Å². The molecule has 222 valence electrons. The third-order valence-corrected chi connectivity index (χ3v) is 8.56. The van der Waals surface area contributed by atoms with Gasteiger partial charge in [0, 0.05) is 12.5 Å². The molecule has 4 aromatic carbocycles. The average molecular weight is 587 g/mol. The Hall–Kier alpha value is -5.30. The molecule has 0 aliphatic carbocycles. The first-order chi connectivity index (χ1) is 20.9. The molecule has 0 radical (unpaired) electrons. The highest BCUT2D eigenvalue weighted by atomic mass is 16.5. The first-order valence-electron chi connectivity index (χ1n) is 14.2. The van der Waals surface area contributed by atoms with Crippen molar-refractivity contribution in [2.45, 2.75) is 40.0 Å². The topological polar surface area (TPSA) is 84.0 Å². The monoisotopic (exact) mass is 586 g/mol. The second-order valence-corrected chi connectivity index (χ2v) is 11.6. The number of imide groups is 2. The Balaban J connectivity index is 0.00000188. The van der Waals surface area contributed by atoms with Gasteiger partial charge in [0.2, 0.25) is 0 Å². The number of benzene rings is 4. The van der Waals surface area contributed by atoms with E-state index >= 15 is 0 Å². The number of hydrogen-bond donors (Lipinski definition) is 0. The predicted molar refractivity (Wildman–Crippen MR) is 171 cm³/mol. The van der Waals surface area contributed by atoms with Crippen LogP contribution < -0.4 is 9.64 Å². The summed E-state index contributed by atoms with van der Waals surface area (Å²) in [6.45, 7) is 16.3. The molecule has 0 spiro atoms. The molecular weight excluding hydrogens is 552 g/mol. The summed E-state index contributed by atoms with van der Waals surface area (Å²) in [7, 11) is 1.43. The van der Waals surface area contributed by atoms with E-state index in [-0.39, 0.29) is 22.4 Å². The summed E-state index contributed by atoms with van der Waals surface area (Å²) in [5.74, 6) is -0.903. The molecule has 7 nitrogen and oxygen atoms in total. The van der Waals surface area contributed by atoms with Crippen molar-refractivity contribution in [1.29, 1.82) is 0 Å². The van der Waals surface area contributed by atoms with Crippen molar-refractivity contribution in [3.8, 4) is 11.5 Å². The fraction of sp³-hybridized carbons (Fsp3) is 0.189. The number of anilines is 1. The third-order valence-electron chi connectivity index (χ3n) is 8.56. The van der Waals surface area contributed by atoms with E-state index in [9.17, 15) is 19.2 Å². The molecule has 0 aromatic heterocycles. The molecule has 44 heavy (non-hydrogen) atoms. The first kappa shape index (κ1) is 30.2. The van der Waals surface area contributed by atoms with Crippen molar-refractivity contribution < 1.29 is 23.9 Å². The number of aryl methyl sites for hydroxylation is 3. The zero-order chi connectivity index (χ0) is 32.1. The highest BCUT2D eigenvalue weighted by Gasteiger charge is 2.39. The van der Waals surface area contributed by atoms with Crippen LogP contribution in [0.4, 0.5) is 5.69 Å². The minimum atomic E-state index is -0.430. The van der Waals surface area contributed by atoms with Gasteiger partial charge in [0.1, 0.15) is 11.5 Å². The molecule has 4 amide bonds. The lowest BCUT2D eigenvalue weighted by Crippen LogP contribution is -2.30. The van der Waals surface area contributed by atoms with E-state index in [1.807, 2.05) is 25.1 Å². The minimum Gasteiger partial charge on any atom is -0.457 e. The largest absolute Gasteiger partial charge is 0.457 e. The van der Waals surface area contributed by atoms with Crippen LogP contribution in [0, 0.1) is 20.8 Å². The van der Waals surface area contributed by atoms with Crippen LogP contribution in [-0.4, -0.2) is 35.6 Å². The van der Waals surface area contributed by atoms with Gasteiger partial charge in [-0.1, -0.05) is 44.2 Å². The Morgan fingerprint density at radius 2 is 1.05 bits per heavy atom. The van der Waals surface area contributed by atoms with Crippen molar-refractivity contribution in [2.75, 3.05) is 11.9 Å². The molecule has 0 saturated carbocycles. The van der Waals surface area contributed by atoms with E-state index in [0.717, 1.165) is 21.6 Å². The number of carbonyl (C=O) groups is 4. The van der Waals surface area contributed by atoms with E-state index in [1.54, 1.807) is 30.3 Å². The van der Waals surface area contributed by atoms with Crippen molar-refractivity contribution >= 4 is 29.3 Å². The summed E-state index contributed by atoms with van der Waals surface area (Å²) >= 11 is 0. The summed E-state index contributed by atoms with van der Waals surface area (Å²) < 4.78 is 5.96. The smallest absolute Gasteiger partial charge is 0.266 e. The highest BCUT2D eigenvalue weighted by molar-refractivity contribution is 6.34. The standard InChI is InChI=1S/C35H30N2O5.C2H4/c1-19-7-9-22(15-21(19)3)35(4,5)23-10-8-20(2)30(16-23)37-33(40)27-14-12-25(18-29(27)34(37)41)42-24-11-13-26-28(17-24)32(39)36(6)31(26)38;1-2/h7-18H,1-6H3;1-2H2. The van der Waals surface area contributed by atoms with Gasteiger partial charge in [-0.25, -0.2) is 4.90 Å². The van der Waals surface area contributed by atoms with Gasteiger partial charge in [0.25, 0.3) is 23.6 Å². The predicted octanol–water partition coefficient (Wildman–Crippen LogP) is 7.56. The highest BCUT2D eigenvalue weighted by Crippen LogP contribution is 2.39. The van der Waals surface area contributed by atoms with E-state index in [0.29, 0.717) is 28.3 Å². The number of carbonyl (C=O) groups excluding carboxylic acids is 4. The number of amides is 4. The second kappa shape index (κ2) is 11.1. The molecule has 0 fully saturated rings. The molecule has 7 heteroatoms. The molecule has 2 heterocycles. The summed E-state index contributed by atoms with van der Waals surface area (Å²) in [5.41, 5.74) is 6.67. The molecule has 6 rings (SSSR count). The van der Waals surface area contributed by atoms with Crippen molar-refractivity contribution in [2.24, 2.45) is 0 Å². The van der Waals surface area contributed by atoms with Crippen LogP contribution >= 0.6 is 0 Å².